The maximum Gasteiger partial charge on any atom is 0.310 e. The third-order valence-corrected chi connectivity index (χ3v) is 3.19. The molecule has 0 atom stereocenters. The molecule has 2 aromatic rings. The van der Waals surface area contributed by atoms with Crippen LogP contribution in [0.25, 0.3) is 12.2 Å². The van der Waals surface area contributed by atoms with Gasteiger partial charge in [-0.25, -0.2) is 0 Å². The van der Waals surface area contributed by atoms with E-state index in [4.69, 9.17) is 4.74 Å². The van der Waals surface area contributed by atoms with Crippen molar-refractivity contribution in [2.45, 2.75) is 20.3 Å². The van der Waals surface area contributed by atoms with Crippen molar-refractivity contribution in [1.29, 1.82) is 0 Å². The van der Waals surface area contributed by atoms with Crippen LogP contribution in [0.4, 0.5) is 0 Å². The molecule has 0 unspecified atom stereocenters. The number of esters is 1. The van der Waals surface area contributed by atoms with Gasteiger partial charge in [-0.3, -0.25) is 9.59 Å². The first-order valence-electron chi connectivity index (χ1n) is 7.21. The molecule has 0 aliphatic carbocycles. The summed E-state index contributed by atoms with van der Waals surface area (Å²) in [6.07, 6.45) is 3.74. The standard InChI is InChI=1S/C18H19NO3/c1-3-22-17(20)12-16-15(11-13(2)19-18(16)21)10-9-14-7-5-4-6-8-14/h4-11H,3,12H2,1-2H3,(H,19,21)/b10-9-. The highest BCUT2D eigenvalue weighted by Gasteiger charge is 2.12. The molecule has 4 heteroatoms. The van der Waals surface area contributed by atoms with Crippen molar-refractivity contribution in [2.75, 3.05) is 6.61 Å². The van der Waals surface area contributed by atoms with Crippen molar-refractivity contribution in [1.82, 2.24) is 4.98 Å². The highest BCUT2D eigenvalue weighted by molar-refractivity contribution is 5.77. The number of pyridine rings is 1. The van der Waals surface area contributed by atoms with E-state index in [1.807, 2.05) is 55.5 Å². The molecule has 0 saturated carbocycles. The van der Waals surface area contributed by atoms with Crippen molar-refractivity contribution < 1.29 is 9.53 Å². The minimum Gasteiger partial charge on any atom is -0.466 e. The van der Waals surface area contributed by atoms with E-state index in [1.165, 1.54) is 0 Å². The Hall–Kier alpha value is -2.62. The SMILES string of the molecule is CCOC(=O)Cc1c(/C=C\c2ccccc2)cc(C)[nH]c1=O. The molecule has 0 amide bonds. The van der Waals surface area contributed by atoms with Gasteiger partial charge in [0.2, 0.25) is 0 Å². The van der Waals surface area contributed by atoms with Crippen LogP contribution in [0, 0.1) is 6.92 Å². The van der Waals surface area contributed by atoms with Crippen molar-refractivity contribution in [2.24, 2.45) is 0 Å². The van der Waals surface area contributed by atoms with Gasteiger partial charge in [0.15, 0.2) is 0 Å². The normalized spacial score (nSPS) is 10.8. The molecule has 2 rings (SSSR count). The monoisotopic (exact) mass is 297 g/mol. The fourth-order valence-electron chi connectivity index (χ4n) is 2.18. The van der Waals surface area contributed by atoms with Crippen LogP contribution in [0.2, 0.25) is 0 Å². The first kappa shape index (κ1) is 15.8. The van der Waals surface area contributed by atoms with Crippen LogP contribution >= 0.6 is 0 Å². The molecule has 1 aromatic carbocycles. The van der Waals surface area contributed by atoms with Crippen LogP contribution in [-0.2, 0) is 16.0 Å². The molecule has 0 fully saturated rings. The first-order chi connectivity index (χ1) is 10.6. The molecular weight excluding hydrogens is 278 g/mol. The Kier molecular flexibility index (Phi) is 5.31. The summed E-state index contributed by atoms with van der Waals surface area (Å²) in [5, 5.41) is 0. The largest absolute Gasteiger partial charge is 0.466 e. The molecule has 1 aromatic heterocycles. The summed E-state index contributed by atoms with van der Waals surface area (Å²) in [6, 6.07) is 11.6. The van der Waals surface area contributed by atoms with Gasteiger partial charge in [0, 0.05) is 11.3 Å². The number of H-pyrrole nitrogens is 1. The van der Waals surface area contributed by atoms with Crippen molar-refractivity contribution in [3.05, 3.63) is 69.1 Å². The van der Waals surface area contributed by atoms with E-state index < -0.39 is 5.97 Å². The number of aromatic amines is 1. The second-order valence-corrected chi connectivity index (χ2v) is 4.94. The van der Waals surface area contributed by atoms with Gasteiger partial charge >= 0.3 is 5.97 Å². The van der Waals surface area contributed by atoms with Crippen molar-refractivity contribution in [3.8, 4) is 0 Å². The lowest BCUT2D eigenvalue weighted by atomic mass is 10.0. The van der Waals surface area contributed by atoms with E-state index in [1.54, 1.807) is 6.92 Å². The summed E-state index contributed by atoms with van der Waals surface area (Å²) in [4.78, 5) is 26.5. The number of rotatable bonds is 5. The van der Waals surface area contributed by atoms with E-state index in [0.29, 0.717) is 12.2 Å². The number of carbonyl (C=O) groups excluding carboxylic acids is 1. The van der Waals surface area contributed by atoms with E-state index >= 15 is 0 Å². The third-order valence-electron chi connectivity index (χ3n) is 3.19. The Balaban J connectivity index is 2.35. The molecular formula is C18H19NO3. The minimum atomic E-state index is -0.397. The van der Waals surface area contributed by atoms with Crippen LogP contribution in [0.15, 0.2) is 41.2 Å². The summed E-state index contributed by atoms with van der Waals surface area (Å²) in [6.45, 7) is 3.86. The van der Waals surface area contributed by atoms with Gasteiger partial charge in [-0.2, -0.15) is 0 Å². The Bertz CT molecular complexity index is 730. The molecule has 0 aliphatic heterocycles. The Morgan fingerprint density at radius 1 is 1.23 bits per heavy atom. The first-order valence-corrected chi connectivity index (χ1v) is 7.21. The number of hydrogen-bond donors (Lipinski definition) is 1. The van der Waals surface area contributed by atoms with E-state index in [2.05, 4.69) is 4.98 Å². The average Bonchev–Trinajstić information content (AvgIpc) is 2.49. The summed E-state index contributed by atoms with van der Waals surface area (Å²) in [7, 11) is 0. The van der Waals surface area contributed by atoms with Gasteiger partial charge in [0.1, 0.15) is 0 Å². The molecule has 1 heterocycles. The van der Waals surface area contributed by atoms with Gasteiger partial charge in [0.05, 0.1) is 13.0 Å². The number of ether oxygens (including phenoxy) is 1. The van der Waals surface area contributed by atoms with Crippen LogP contribution in [0.1, 0.15) is 29.3 Å². The molecule has 22 heavy (non-hydrogen) atoms. The summed E-state index contributed by atoms with van der Waals surface area (Å²) in [5.74, 6) is -0.397. The zero-order valence-corrected chi connectivity index (χ0v) is 12.8. The van der Waals surface area contributed by atoms with E-state index in [0.717, 1.165) is 16.8 Å². The van der Waals surface area contributed by atoms with Crippen LogP contribution < -0.4 is 5.56 Å². The number of carbonyl (C=O) groups is 1. The van der Waals surface area contributed by atoms with Gasteiger partial charge in [-0.05, 0) is 31.0 Å². The second-order valence-electron chi connectivity index (χ2n) is 4.94. The summed E-state index contributed by atoms with van der Waals surface area (Å²) >= 11 is 0. The maximum atomic E-state index is 12.1. The Morgan fingerprint density at radius 3 is 2.64 bits per heavy atom. The number of aryl methyl sites for hydroxylation is 1. The topological polar surface area (TPSA) is 59.2 Å². The number of nitrogens with one attached hydrogen (secondary N) is 1. The Labute approximate surface area is 129 Å². The predicted molar refractivity (Wildman–Crippen MR) is 87.5 cm³/mol. The summed E-state index contributed by atoms with van der Waals surface area (Å²) in [5.41, 5.74) is 2.70. The van der Waals surface area contributed by atoms with Crippen molar-refractivity contribution >= 4 is 18.1 Å². The minimum absolute atomic E-state index is 0.0298. The fraction of sp³-hybridized carbons (Fsp3) is 0.222. The highest BCUT2D eigenvalue weighted by Crippen LogP contribution is 2.12. The molecule has 1 N–H and O–H groups in total. The average molecular weight is 297 g/mol. The van der Waals surface area contributed by atoms with Gasteiger partial charge in [0.25, 0.3) is 5.56 Å². The zero-order valence-electron chi connectivity index (χ0n) is 12.8. The second kappa shape index (κ2) is 7.41. The van der Waals surface area contributed by atoms with Crippen molar-refractivity contribution in [3.63, 3.8) is 0 Å². The molecule has 0 saturated heterocycles. The third kappa shape index (κ3) is 4.19. The zero-order chi connectivity index (χ0) is 15.9. The number of aromatic nitrogens is 1. The maximum absolute atomic E-state index is 12.1. The van der Waals surface area contributed by atoms with Gasteiger partial charge < -0.3 is 9.72 Å². The molecule has 114 valence electrons. The number of benzene rings is 1. The molecule has 0 bridgehead atoms. The molecule has 0 radical (unpaired) electrons. The van der Waals surface area contributed by atoms with Crippen LogP contribution in [0.5, 0.6) is 0 Å². The number of hydrogen-bond acceptors (Lipinski definition) is 3. The van der Waals surface area contributed by atoms with Crippen LogP contribution in [0.3, 0.4) is 0 Å². The lowest BCUT2D eigenvalue weighted by Gasteiger charge is -2.06. The molecule has 0 spiro atoms. The lowest BCUT2D eigenvalue weighted by Crippen LogP contribution is -2.20. The summed E-state index contributed by atoms with van der Waals surface area (Å²) < 4.78 is 4.93. The lowest BCUT2D eigenvalue weighted by molar-refractivity contribution is -0.142. The quantitative estimate of drug-likeness (QED) is 0.863. The molecule has 4 nitrogen and oxygen atoms in total. The fourth-order valence-corrected chi connectivity index (χ4v) is 2.18. The molecule has 0 aliphatic rings. The Morgan fingerprint density at radius 2 is 1.95 bits per heavy atom. The van der Waals surface area contributed by atoms with Gasteiger partial charge in [-0.1, -0.05) is 42.5 Å². The van der Waals surface area contributed by atoms with E-state index in [-0.39, 0.29) is 12.0 Å². The van der Waals surface area contributed by atoms with Crippen LogP contribution in [-0.4, -0.2) is 17.6 Å². The predicted octanol–water partition coefficient (Wildman–Crippen LogP) is 2.96. The van der Waals surface area contributed by atoms with E-state index in [9.17, 15) is 9.59 Å². The highest BCUT2D eigenvalue weighted by atomic mass is 16.5. The smallest absolute Gasteiger partial charge is 0.310 e. The van der Waals surface area contributed by atoms with Gasteiger partial charge in [-0.15, -0.1) is 0 Å².